The number of hydrogen-bond acceptors (Lipinski definition) is 3. The van der Waals surface area contributed by atoms with Gasteiger partial charge in [-0.2, -0.15) is 8.42 Å². The number of halogens is 1. The van der Waals surface area contributed by atoms with Crippen LogP contribution in [0.15, 0.2) is 27.5 Å². The molecule has 0 saturated heterocycles. The zero-order valence-corrected chi connectivity index (χ0v) is 18.2. The zero-order chi connectivity index (χ0) is 19.3. The van der Waals surface area contributed by atoms with Crippen molar-refractivity contribution in [3.63, 3.8) is 0 Å². The third kappa shape index (κ3) is 4.07. The summed E-state index contributed by atoms with van der Waals surface area (Å²) in [5.41, 5.74) is 1.91. The predicted octanol–water partition coefficient (Wildman–Crippen LogP) is 4.82. The lowest BCUT2D eigenvalue weighted by atomic mass is 9.93. The number of sulfonamides is 1. The second-order valence-electron chi connectivity index (χ2n) is 8.08. The minimum absolute atomic E-state index is 0.0508. The fourth-order valence-corrected chi connectivity index (χ4v) is 5.59. The minimum atomic E-state index is -3.81. The molecule has 0 atom stereocenters. The Balaban J connectivity index is 2.15. The Morgan fingerprint density at radius 1 is 1.27 bits per heavy atom. The Morgan fingerprint density at radius 2 is 1.92 bits per heavy atom. The lowest BCUT2D eigenvalue weighted by Crippen LogP contribution is -2.20. The van der Waals surface area contributed by atoms with Gasteiger partial charge in [0.1, 0.15) is 0 Å². The van der Waals surface area contributed by atoms with E-state index in [2.05, 4.69) is 36.7 Å². The number of rotatable bonds is 4. The Kier molecular flexibility index (Phi) is 5.14. The number of nitrogens with zero attached hydrogens (tertiary/aromatic N) is 2. The van der Waals surface area contributed by atoms with Crippen molar-refractivity contribution in [1.82, 2.24) is 4.57 Å². The molecular weight excluding hydrogens is 388 g/mol. The highest BCUT2D eigenvalue weighted by Gasteiger charge is 2.27. The van der Waals surface area contributed by atoms with E-state index < -0.39 is 10.0 Å². The van der Waals surface area contributed by atoms with E-state index in [1.165, 1.54) is 35.1 Å². The summed E-state index contributed by atoms with van der Waals surface area (Å²) >= 11 is 7.59. The number of benzene rings is 1. The molecule has 0 aliphatic heterocycles. The molecule has 1 aromatic heterocycles. The number of aryl methyl sites for hydroxylation is 1. The molecule has 1 saturated carbocycles. The van der Waals surface area contributed by atoms with Gasteiger partial charge in [0.05, 0.1) is 4.90 Å². The van der Waals surface area contributed by atoms with Gasteiger partial charge in [-0.25, -0.2) is 0 Å². The molecule has 3 rings (SSSR count). The second-order valence-corrected chi connectivity index (χ2v) is 11.1. The normalized spacial score (nSPS) is 16.3. The van der Waals surface area contributed by atoms with Crippen LogP contribution in [0.3, 0.4) is 0 Å². The molecule has 2 aromatic rings. The smallest absolute Gasteiger partial charge is 0.285 e. The van der Waals surface area contributed by atoms with Crippen LogP contribution >= 0.6 is 22.9 Å². The summed E-state index contributed by atoms with van der Waals surface area (Å²) < 4.78 is 32.0. The van der Waals surface area contributed by atoms with Gasteiger partial charge in [0.15, 0.2) is 0 Å². The van der Waals surface area contributed by atoms with Crippen molar-refractivity contribution in [2.45, 2.75) is 64.3 Å². The van der Waals surface area contributed by atoms with E-state index in [4.69, 9.17) is 11.6 Å². The van der Waals surface area contributed by atoms with Gasteiger partial charge >= 0.3 is 0 Å². The first kappa shape index (κ1) is 19.6. The van der Waals surface area contributed by atoms with E-state index in [1.54, 1.807) is 12.1 Å². The van der Waals surface area contributed by atoms with Gasteiger partial charge in [0, 0.05) is 22.1 Å². The minimum Gasteiger partial charge on any atom is -0.320 e. The van der Waals surface area contributed by atoms with Gasteiger partial charge in [-0.1, -0.05) is 38.4 Å². The van der Waals surface area contributed by atoms with E-state index in [9.17, 15) is 8.42 Å². The molecule has 0 radical (unpaired) electrons. The van der Waals surface area contributed by atoms with Gasteiger partial charge in [0.25, 0.3) is 10.0 Å². The monoisotopic (exact) mass is 412 g/mol. The topological polar surface area (TPSA) is 51.4 Å². The second kappa shape index (κ2) is 6.80. The van der Waals surface area contributed by atoms with Gasteiger partial charge in [-0.15, -0.1) is 15.7 Å². The summed E-state index contributed by atoms with van der Waals surface area (Å²) in [6.45, 7) is 11.2. The van der Waals surface area contributed by atoms with Crippen LogP contribution in [-0.4, -0.2) is 13.0 Å². The van der Waals surface area contributed by atoms with Crippen molar-refractivity contribution in [3.05, 3.63) is 44.2 Å². The molecule has 26 heavy (non-hydrogen) atoms. The Morgan fingerprint density at radius 3 is 2.46 bits per heavy atom. The Bertz CT molecular complexity index is 1010. The van der Waals surface area contributed by atoms with E-state index >= 15 is 0 Å². The highest BCUT2D eigenvalue weighted by atomic mass is 35.5. The summed E-state index contributed by atoms with van der Waals surface area (Å²) in [6, 6.07) is 4.76. The average Bonchev–Trinajstić information content (AvgIpc) is 3.28. The summed E-state index contributed by atoms with van der Waals surface area (Å²) in [4.78, 5) is 1.86. The molecule has 1 aliphatic rings. The van der Waals surface area contributed by atoms with E-state index in [-0.39, 0.29) is 10.3 Å². The highest BCUT2D eigenvalue weighted by Crippen LogP contribution is 2.33. The van der Waals surface area contributed by atoms with Crippen LogP contribution in [0, 0.1) is 19.8 Å². The van der Waals surface area contributed by atoms with Crippen LogP contribution in [0.4, 0.5) is 0 Å². The van der Waals surface area contributed by atoms with E-state index in [1.807, 2.05) is 6.92 Å². The van der Waals surface area contributed by atoms with Crippen LogP contribution in [0.1, 0.15) is 49.7 Å². The van der Waals surface area contributed by atoms with Crippen molar-refractivity contribution >= 4 is 33.0 Å². The van der Waals surface area contributed by atoms with Gasteiger partial charge in [0.2, 0.25) is 4.80 Å². The molecule has 7 heteroatoms. The average molecular weight is 413 g/mol. The maximum atomic E-state index is 12.9. The summed E-state index contributed by atoms with van der Waals surface area (Å²) in [7, 11) is -3.81. The Hall–Kier alpha value is -1.11. The van der Waals surface area contributed by atoms with Gasteiger partial charge in [-0.05, 0) is 55.7 Å². The Labute approximate surface area is 164 Å². The first-order valence-electron chi connectivity index (χ1n) is 8.77. The number of thiazole rings is 1. The summed E-state index contributed by atoms with van der Waals surface area (Å²) in [6.07, 6.45) is 2.40. The van der Waals surface area contributed by atoms with Crippen LogP contribution < -0.4 is 4.80 Å². The maximum absolute atomic E-state index is 12.9. The molecule has 0 unspecified atom stereocenters. The lowest BCUT2D eigenvalue weighted by molar-refractivity contribution is 0.562. The number of aromatic nitrogens is 1. The lowest BCUT2D eigenvalue weighted by Gasteiger charge is -2.17. The maximum Gasteiger partial charge on any atom is 0.285 e. The molecule has 1 aromatic carbocycles. The van der Waals surface area contributed by atoms with Crippen molar-refractivity contribution in [2.75, 3.05) is 0 Å². The standard InChI is InChI=1S/C19H25ClN2O2S2/c1-12-6-9-15(10-16(12)20)26(23,24)21-18-22(11-14-7-8-14)13(2)17(25-18)19(3,4)5/h6,9-10,14H,7-8,11H2,1-5H3. The van der Waals surface area contributed by atoms with E-state index in [0.29, 0.717) is 15.7 Å². The van der Waals surface area contributed by atoms with Crippen LogP contribution in [0.5, 0.6) is 0 Å². The van der Waals surface area contributed by atoms with Crippen LogP contribution in [0.25, 0.3) is 0 Å². The van der Waals surface area contributed by atoms with Crippen molar-refractivity contribution < 1.29 is 8.42 Å². The molecule has 1 aliphatic carbocycles. The fourth-order valence-electron chi connectivity index (χ4n) is 2.91. The zero-order valence-electron chi connectivity index (χ0n) is 15.8. The molecule has 0 N–H and O–H groups in total. The molecular formula is C19H25ClN2O2S2. The summed E-state index contributed by atoms with van der Waals surface area (Å²) in [5.74, 6) is 0.631. The molecule has 4 nitrogen and oxygen atoms in total. The van der Waals surface area contributed by atoms with Crippen LogP contribution in [0.2, 0.25) is 5.02 Å². The van der Waals surface area contributed by atoms with Gasteiger partial charge in [-0.3, -0.25) is 0 Å². The molecule has 142 valence electrons. The van der Waals surface area contributed by atoms with Crippen molar-refractivity contribution in [2.24, 2.45) is 10.3 Å². The van der Waals surface area contributed by atoms with Crippen molar-refractivity contribution in [3.8, 4) is 0 Å². The molecule has 1 heterocycles. The SMILES string of the molecule is Cc1ccc(S(=O)(=O)N=c2sc(C(C)(C)C)c(C)n2CC2CC2)cc1Cl. The summed E-state index contributed by atoms with van der Waals surface area (Å²) in [5, 5.41) is 0.435. The molecule has 1 fully saturated rings. The fraction of sp³-hybridized carbons (Fsp3) is 0.526. The quantitative estimate of drug-likeness (QED) is 0.722. The predicted molar refractivity (Wildman–Crippen MR) is 107 cm³/mol. The molecule has 0 bridgehead atoms. The first-order chi connectivity index (χ1) is 12.0. The third-order valence-corrected chi connectivity index (χ3v) is 8.01. The largest absolute Gasteiger partial charge is 0.320 e. The first-order valence-corrected chi connectivity index (χ1v) is 11.4. The van der Waals surface area contributed by atoms with E-state index in [0.717, 1.165) is 17.8 Å². The van der Waals surface area contributed by atoms with Crippen LogP contribution in [-0.2, 0) is 22.0 Å². The third-order valence-electron chi connectivity index (χ3n) is 4.62. The molecule has 0 spiro atoms. The highest BCUT2D eigenvalue weighted by molar-refractivity contribution is 7.90. The number of hydrogen-bond donors (Lipinski definition) is 0. The van der Waals surface area contributed by atoms with Gasteiger partial charge < -0.3 is 4.57 Å². The van der Waals surface area contributed by atoms with Crippen molar-refractivity contribution in [1.29, 1.82) is 0 Å². The molecule has 0 amide bonds.